The molecule has 31 heavy (non-hydrogen) atoms. The quantitative estimate of drug-likeness (QED) is 0.424. The van der Waals surface area contributed by atoms with Crippen LogP contribution in [-0.4, -0.2) is 18.0 Å². The predicted octanol–water partition coefficient (Wildman–Crippen LogP) is 4.86. The third-order valence-corrected chi connectivity index (χ3v) is 4.87. The summed E-state index contributed by atoms with van der Waals surface area (Å²) < 4.78 is 16.3. The predicted molar refractivity (Wildman–Crippen MR) is 116 cm³/mol. The average Bonchev–Trinajstić information content (AvgIpc) is 3.22. The molecule has 0 unspecified atom stereocenters. The number of nitrogens with one attached hydrogen (secondary N) is 1. The highest BCUT2D eigenvalue weighted by molar-refractivity contribution is 6.06. The number of oxazole rings is 1. The van der Waals surface area contributed by atoms with Crippen molar-refractivity contribution in [3.63, 3.8) is 0 Å². The minimum Gasteiger partial charge on any atom is -0.497 e. The molecule has 3 aromatic carbocycles. The molecular formula is C24H16N2O5. The van der Waals surface area contributed by atoms with Crippen molar-refractivity contribution in [1.82, 2.24) is 4.98 Å². The van der Waals surface area contributed by atoms with Crippen LogP contribution >= 0.6 is 0 Å². The monoisotopic (exact) mass is 412 g/mol. The molecule has 0 atom stereocenters. The molecule has 0 bridgehead atoms. The molecule has 152 valence electrons. The largest absolute Gasteiger partial charge is 0.497 e. The Balaban J connectivity index is 1.43. The summed E-state index contributed by atoms with van der Waals surface area (Å²) in [5.74, 6) is 0.632. The first-order valence-electron chi connectivity index (χ1n) is 9.50. The van der Waals surface area contributed by atoms with Crippen molar-refractivity contribution in [2.75, 3.05) is 12.4 Å². The van der Waals surface area contributed by atoms with Crippen molar-refractivity contribution in [2.24, 2.45) is 0 Å². The van der Waals surface area contributed by atoms with Crippen LogP contribution in [0.3, 0.4) is 0 Å². The van der Waals surface area contributed by atoms with Crippen molar-refractivity contribution in [3.8, 4) is 17.2 Å². The summed E-state index contributed by atoms with van der Waals surface area (Å²) in [6, 6.07) is 21.0. The number of hydrogen-bond acceptors (Lipinski definition) is 6. The number of amides is 1. The first kappa shape index (κ1) is 18.6. The first-order chi connectivity index (χ1) is 15.1. The minimum absolute atomic E-state index is 0.0738. The van der Waals surface area contributed by atoms with Crippen LogP contribution in [-0.2, 0) is 0 Å². The van der Waals surface area contributed by atoms with E-state index < -0.39 is 11.5 Å². The normalized spacial score (nSPS) is 11.0. The highest BCUT2D eigenvalue weighted by Gasteiger charge is 2.15. The van der Waals surface area contributed by atoms with Crippen molar-refractivity contribution in [2.45, 2.75) is 0 Å². The Hall–Kier alpha value is -4.39. The van der Waals surface area contributed by atoms with Crippen LogP contribution < -0.4 is 15.7 Å². The fraction of sp³-hybridized carbons (Fsp3) is 0.0417. The van der Waals surface area contributed by atoms with E-state index in [1.165, 1.54) is 6.07 Å². The maximum atomic E-state index is 12.7. The lowest BCUT2D eigenvalue weighted by atomic mass is 10.1. The molecule has 0 radical (unpaired) electrons. The van der Waals surface area contributed by atoms with Gasteiger partial charge in [0.1, 0.15) is 22.4 Å². The zero-order valence-electron chi connectivity index (χ0n) is 16.4. The van der Waals surface area contributed by atoms with E-state index in [-0.39, 0.29) is 5.56 Å². The van der Waals surface area contributed by atoms with Gasteiger partial charge in [0.15, 0.2) is 5.58 Å². The number of fused-ring (bicyclic) bond motifs is 2. The van der Waals surface area contributed by atoms with Gasteiger partial charge in [0.25, 0.3) is 5.91 Å². The fourth-order valence-electron chi connectivity index (χ4n) is 3.28. The Morgan fingerprint density at radius 1 is 0.935 bits per heavy atom. The van der Waals surface area contributed by atoms with Gasteiger partial charge in [-0.15, -0.1) is 0 Å². The Bertz CT molecular complexity index is 1480. The van der Waals surface area contributed by atoms with Gasteiger partial charge in [0, 0.05) is 22.7 Å². The van der Waals surface area contributed by atoms with Crippen molar-refractivity contribution >= 4 is 33.7 Å². The summed E-state index contributed by atoms with van der Waals surface area (Å²) >= 11 is 0. The number of nitrogens with zero attached hydrogens (tertiary/aromatic N) is 1. The zero-order chi connectivity index (χ0) is 21.4. The van der Waals surface area contributed by atoms with Gasteiger partial charge < -0.3 is 18.9 Å². The topological polar surface area (TPSA) is 94.6 Å². The number of benzene rings is 3. The van der Waals surface area contributed by atoms with Crippen LogP contribution in [0.4, 0.5) is 5.69 Å². The first-order valence-corrected chi connectivity index (χ1v) is 9.50. The third-order valence-electron chi connectivity index (χ3n) is 4.87. The van der Waals surface area contributed by atoms with Gasteiger partial charge in [-0.1, -0.05) is 18.2 Å². The second-order valence-electron chi connectivity index (χ2n) is 6.87. The molecule has 0 spiro atoms. The summed E-state index contributed by atoms with van der Waals surface area (Å²) in [5, 5.41) is 3.39. The molecule has 2 heterocycles. The Morgan fingerprint density at radius 2 is 1.74 bits per heavy atom. The summed E-state index contributed by atoms with van der Waals surface area (Å²) in [7, 11) is 1.60. The van der Waals surface area contributed by atoms with Gasteiger partial charge in [-0.2, -0.15) is 0 Å². The van der Waals surface area contributed by atoms with E-state index in [1.54, 1.807) is 43.5 Å². The van der Waals surface area contributed by atoms with Gasteiger partial charge >= 0.3 is 5.63 Å². The second kappa shape index (κ2) is 7.46. The van der Waals surface area contributed by atoms with Crippen LogP contribution in [0.5, 0.6) is 5.75 Å². The molecule has 0 aliphatic carbocycles. The number of anilines is 1. The van der Waals surface area contributed by atoms with E-state index in [0.29, 0.717) is 33.6 Å². The van der Waals surface area contributed by atoms with Crippen molar-refractivity contribution < 1.29 is 18.4 Å². The maximum absolute atomic E-state index is 12.7. The SMILES string of the molecule is COc1ccc(-c2nc3ccc(NC(=O)c4cc5ccccc5oc4=O)cc3o2)cc1. The van der Waals surface area contributed by atoms with Crippen LogP contribution in [0.2, 0.25) is 0 Å². The Labute approximate surface area is 175 Å². The lowest BCUT2D eigenvalue weighted by Crippen LogP contribution is -2.20. The highest BCUT2D eigenvalue weighted by Crippen LogP contribution is 2.27. The number of para-hydroxylation sites is 1. The van der Waals surface area contributed by atoms with Gasteiger partial charge in [-0.3, -0.25) is 4.79 Å². The number of rotatable bonds is 4. The molecule has 1 N–H and O–H groups in total. The second-order valence-corrected chi connectivity index (χ2v) is 6.87. The van der Waals surface area contributed by atoms with Gasteiger partial charge in [-0.05, 0) is 48.5 Å². The molecule has 0 aliphatic heterocycles. The molecular weight excluding hydrogens is 396 g/mol. The summed E-state index contributed by atoms with van der Waals surface area (Å²) in [6.45, 7) is 0. The average molecular weight is 412 g/mol. The van der Waals surface area contributed by atoms with E-state index in [9.17, 15) is 9.59 Å². The summed E-state index contributed by atoms with van der Waals surface area (Å²) in [4.78, 5) is 29.4. The molecule has 5 rings (SSSR count). The number of ether oxygens (including phenoxy) is 1. The number of hydrogen-bond donors (Lipinski definition) is 1. The lowest BCUT2D eigenvalue weighted by molar-refractivity contribution is 0.102. The molecule has 7 nitrogen and oxygen atoms in total. The molecule has 0 saturated heterocycles. The van der Waals surface area contributed by atoms with Crippen molar-refractivity contribution in [1.29, 1.82) is 0 Å². The molecule has 7 heteroatoms. The molecule has 2 aromatic heterocycles. The summed E-state index contributed by atoms with van der Waals surface area (Å²) in [5.41, 5.74) is 2.09. The van der Waals surface area contributed by atoms with Crippen LogP contribution in [0.1, 0.15) is 10.4 Å². The van der Waals surface area contributed by atoms with Gasteiger partial charge in [-0.25, -0.2) is 9.78 Å². The lowest BCUT2D eigenvalue weighted by Gasteiger charge is -2.05. The van der Waals surface area contributed by atoms with Crippen LogP contribution in [0.25, 0.3) is 33.5 Å². The molecule has 0 fully saturated rings. The van der Waals surface area contributed by atoms with E-state index >= 15 is 0 Å². The van der Waals surface area contributed by atoms with Crippen LogP contribution in [0, 0.1) is 0 Å². The molecule has 1 amide bonds. The highest BCUT2D eigenvalue weighted by atomic mass is 16.5. The zero-order valence-corrected chi connectivity index (χ0v) is 16.4. The van der Waals surface area contributed by atoms with Gasteiger partial charge in [0.2, 0.25) is 5.89 Å². The molecule has 0 aliphatic rings. The van der Waals surface area contributed by atoms with E-state index in [1.807, 2.05) is 30.3 Å². The number of carbonyl (C=O) groups is 1. The number of aromatic nitrogens is 1. The maximum Gasteiger partial charge on any atom is 0.349 e. The third kappa shape index (κ3) is 3.53. The standard InChI is InChI=1S/C24H16N2O5/c1-29-17-9-6-14(7-10-17)23-26-19-11-8-16(13-21(19)30-23)25-22(27)18-12-15-4-2-3-5-20(15)31-24(18)28/h2-13H,1H3,(H,25,27). The molecule has 0 saturated carbocycles. The smallest absolute Gasteiger partial charge is 0.349 e. The van der Waals surface area contributed by atoms with E-state index in [4.69, 9.17) is 13.6 Å². The van der Waals surface area contributed by atoms with E-state index in [2.05, 4.69) is 10.3 Å². The summed E-state index contributed by atoms with van der Waals surface area (Å²) in [6.07, 6.45) is 0. The minimum atomic E-state index is -0.696. The number of methoxy groups -OCH3 is 1. The number of carbonyl (C=O) groups excluding carboxylic acids is 1. The van der Waals surface area contributed by atoms with E-state index in [0.717, 1.165) is 11.3 Å². The van der Waals surface area contributed by atoms with Crippen LogP contribution in [0.15, 0.2) is 86.4 Å². The molecule has 5 aromatic rings. The van der Waals surface area contributed by atoms with Gasteiger partial charge in [0.05, 0.1) is 7.11 Å². The fourth-order valence-corrected chi connectivity index (χ4v) is 3.28. The Kier molecular flexibility index (Phi) is 4.48. The van der Waals surface area contributed by atoms with Crippen molar-refractivity contribution in [3.05, 3.63) is 88.8 Å². The Morgan fingerprint density at radius 3 is 2.55 bits per heavy atom.